The van der Waals surface area contributed by atoms with Gasteiger partial charge in [-0.15, -0.1) is 0 Å². The third kappa shape index (κ3) is 14.4. The predicted molar refractivity (Wildman–Crippen MR) is 132 cm³/mol. The van der Waals surface area contributed by atoms with Gasteiger partial charge in [-0.2, -0.15) is 0 Å². The van der Waals surface area contributed by atoms with Gasteiger partial charge >= 0.3 is 0 Å². The summed E-state index contributed by atoms with van der Waals surface area (Å²) in [5, 5.41) is 10.2. The van der Waals surface area contributed by atoms with Crippen LogP contribution in [0.4, 0.5) is 0 Å². The van der Waals surface area contributed by atoms with E-state index in [1.54, 1.807) is 0 Å². The highest BCUT2D eigenvalue weighted by molar-refractivity contribution is 5.81. The van der Waals surface area contributed by atoms with Crippen molar-refractivity contribution in [3.63, 3.8) is 0 Å². The Balaban J connectivity index is 0. The Bertz CT molecular complexity index is 501. The molecule has 0 bridgehead atoms. The van der Waals surface area contributed by atoms with Crippen LogP contribution in [0.3, 0.4) is 0 Å². The summed E-state index contributed by atoms with van der Waals surface area (Å²) in [6, 6.07) is 0.874. The van der Waals surface area contributed by atoms with E-state index in [-0.39, 0.29) is 30.9 Å². The maximum Gasteiger partial charge on any atom is 0.225 e. The Morgan fingerprint density at radius 1 is 0.867 bits per heavy atom. The molecule has 0 fully saturated rings. The van der Waals surface area contributed by atoms with Crippen LogP contribution in [0.15, 0.2) is 0 Å². The Morgan fingerprint density at radius 3 is 1.87 bits per heavy atom. The number of hydrogen-bond donors (Lipinski definition) is 3. The highest BCUT2D eigenvalue weighted by Crippen LogP contribution is 2.29. The van der Waals surface area contributed by atoms with Gasteiger partial charge in [0, 0.05) is 51.1 Å². The molecule has 0 aliphatic rings. The van der Waals surface area contributed by atoms with Crippen LogP contribution in [0.5, 0.6) is 0 Å². The Morgan fingerprint density at radius 2 is 1.40 bits per heavy atom. The molecule has 0 aliphatic heterocycles. The van der Waals surface area contributed by atoms with Crippen molar-refractivity contribution in [2.45, 2.75) is 119 Å². The van der Waals surface area contributed by atoms with E-state index < -0.39 is 5.41 Å². The Labute approximate surface area is 189 Å². The lowest BCUT2D eigenvalue weighted by Crippen LogP contribution is -2.49. The van der Waals surface area contributed by atoms with E-state index in [4.69, 9.17) is 4.74 Å². The zero-order chi connectivity index (χ0) is 23.1. The van der Waals surface area contributed by atoms with Crippen molar-refractivity contribution >= 4 is 14.3 Å². The molecule has 0 aromatic heterocycles. The standard InChI is InChI=1S/C24H51N3O2.BH/c1-18(2)25-17-24(11,12)29-14-13-22(7,8)20(28)26-16-21(5,6)15-23(9,10)27-19(3)4;/h18-19,25,27H,13-17H2,1-12H3,(H,26,28);1H. The number of ether oxygens (including phenoxy) is 1. The minimum Gasteiger partial charge on any atom is -0.374 e. The van der Waals surface area contributed by atoms with Gasteiger partial charge in [0.2, 0.25) is 5.91 Å². The normalized spacial score (nSPS) is 13.5. The molecular weight excluding hydrogens is 373 g/mol. The van der Waals surface area contributed by atoms with E-state index in [2.05, 4.69) is 85.2 Å². The van der Waals surface area contributed by atoms with Crippen LogP contribution in [-0.4, -0.2) is 57.2 Å². The van der Waals surface area contributed by atoms with E-state index in [9.17, 15) is 4.79 Å². The lowest BCUT2D eigenvalue weighted by atomic mass is 9.79. The summed E-state index contributed by atoms with van der Waals surface area (Å²) in [6.07, 6.45) is 1.68. The molecule has 6 heteroatoms. The van der Waals surface area contributed by atoms with Gasteiger partial charge in [-0.1, -0.05) is 55.4 Å². The van der Waals surface area contributed by atoms with Crippen molar-refractivity contribution in [3.8, 4) is 0 Å². The average molecular weight is 426 g/mol. The van der Waals surface area contributed by atoms with Crippen molar-refractivity contribution in [1.29, 1.82) is 0 Å². The largest absolute Gasteiger partial charge is 0.374 e. The van der Waals surface area contributed by atoms with Gasteiger partial charge in [-0.3, -0.25) is 4.79 Å². The van der Waals surface area contributed by atoms with E-state index in [1.165, 1.54) is 0 Å². The molecule has 0 saturated heterocycles. The van der Waals surface area contributed by atoms with Crippen LogP contribution in [0.25, 0.3) is 0 Å². The second-order valence-electron chi connectivity index (χ2n) is 12.0. The molecule has 0 unspecified atom stereocenters. The SMILES string of the molecule is CC(C)NCC(C)(C)OCCC(C)(C)C(=O)NCC(C)(C)CC(C)(C)NC(C)C.[BH]. The second-order valence-corrected chi connectivity index (χ2v) is 12.0. The van der Waals surface area contributed by atoms with E-state index in [0.717, 1.165) is 13.0 Å². The van der Waals surface area contributed by atoms with Crippen molar-refractivity contribution in [1.82, 2.24) is 16.0 Å². The summed E-state index contributed by atoms with van der Waals surface area (Å²) in [5.41, 5.74) is -0.656. The fourth-order valence-electron chi connectivity index (χ4n) is 3.85. The smallest absolute Gasteiger partial charge is 0.225 e. The average Bonchev–Trinajstić information content (AvgIpc) is 2.47. The molecule has 0 atom stereocenters. The first-order valence-electron chi connectivity index (χ1n) is 11.3. The topological polar surface area (TPSA) is 62.4 Å². The molecule has 0 aliphatic carbocycles. The predicted octanol–water partition coefficient (Wildman–Crippen LogP) is 3.86. The molecule has 1 amide bonds. The monoisotopic (exact) mass is 425 g/mol. The van der Waals surface area contributed by atoms with Crippen molar-refractivity contribution in [2.24, 2.45) is 10.8 Å². The maximum atomic E-state index is 12.8. The lowest BCUT2D eigenvalue weighted by Gasteiger charge is -2.38. The summed E-state index contributed by atoms with van der Waals surface area (Å²) >= 11 is 0. The van der Waals surface area contributed by atoms with E-state index in [0.29, 0.717) is 31.7 Å². The van der Waals surface area contributed by atoms with Crippen molar-refractivity contribution < 1.29 is 9.53 Å². The molecule has 0 aromatic carbocycles. The number of amides is 1. The van der Waals surface area contributed by atoms with Crippen molar-refractivity contribution in [3.05, 3.63) is 0 Å². The molecule has 0 spiro atoms. The number of hydrogen-bond acceptors (Lipinski definition) is 4. The minimum absolute atomic E-state index is 0. The van der Waals surface area contributed by atoms with Crippen LogP contribution in [0.1, 0.15) is 95.9 Å². The number of nitrogens with one attached hydrogen (secondary N) is 3. The van der Waals surface area contributed by atoms with Gasteiger partial charge in [0.25, 0.3) is 0 Å². The van der Waals surface area contributed by atoms with Crippen LogP contribution in [0.2, 0.25) is 0 Å². The molecule has 5 nitrogen and oxygen atoms in total. The van der Waals surface area contributed by atoms with E-state index >= 15 is 0 Å². The molecule has 0 rings (SSSR count). The van der Waals surface area contributed by atoms with Gasteiger partial charge in [0.15, 0.2) is 0 Å². The van der Waals surface area contributed by atoms with Gasteiger partial charge in [-0.25, -0.2) is 0 Å². The molecule has 0 aromatic rings. The molecule has 2 radical (unpaired) electrons. The fraction of sp³-hybridized carbons (Fsp3) is 0.958. The zero-order valence-electron chi connectivity index (χ0n) is 22.2. The minimum atomic E-state index is -0.455. The first-order valence-corrected chi connectivity index (χ1v) is 11.3. The van der Waals surface area contributed by atoms with Gasteiger partial charge in [0.05, 0.1) is 5.60 Å². The quantitative estimate of drug-likeness (QED) is 0.370. The van der Waals surface area contributed by atoms with Crippen molar-refractivity contribution in [2.75, 3.05) is 19.7 Å². The molecular formula is C24H52BN3O2. The summed E-state index contributed by atoms with van der Waals surface area (Å²) in [7, 11) is 0. The Hall–Kier alpha value is -0.585. The number of carbonyl (C=O) groups excluding carboxylic acids is 1. The zero-order valence-corrected chi connectivity index (χ0v) is 22.2. The first kappa shape index (κ1) is 31.6. The number of rotatable bonds is 14. The molecule has 30 heavy (non-hydrogen) atoms. The molecule has 0 heterocycles. The van der Waals surface area contributed by atoms with Gasteiger partial charge < -0.3 is 20.7 Å². The highest BCUT2D eigenvalue weighted by Gasteiger charge is 2.33. The van der Waals surface area contributed by atoms with E-state index in [1.807, 2.05) is 13.8 Å². The third-order valence-electron chi connectivity index (χ3n) is 5.10. The summed E-state index contributed by atoms with van der Waals surface area (Å²) in [4.78, 5) is 12.8. The van der Waals surface area contributed by atoms with Gasteiger partial charge in [0.1, 0.15) is 0 Å². The van der Waals surface area contributed by atoms with Gasteiger partial charge in [-0.05, 0) is 46.0 Å². The van der Waals surface area contributed by atoms with Crippen LogP contribution in [-0.2, 0) is 9.53 Å². The second kappa shape index (κ2) is 12.5. The fourth-order valence-corrected chi connectivity index (χ4v) is 3.85. The van der Waals surface area contributed by atoms with Crippen LogP contribution < -0.4 is 16.0 Å². The maximum absolute atomic E-state index is 12.8. The summed E-state index contributed by atoms with van der Waals surface area (Å²) < 4.78 is 6.06. The van der Waals surface area contributed by atoms with Crippen LogP contribution in [0, 0.1) is 10.8 Å². The highest BCUT2D eigenvalue weighted by atomic mass is 16.5. The molecule has 3 N–H and O–H groups in total. The summed E-state index contributed by atoms with van der Waals surface area (Å²) in [5.74, 6) is 0.0990. The molecule has 178 valence electrons. The first-order chi connectivity index (χ1) is 12.9. The Kier molecular flexibility index (Phi) is 13.1. The number of carbonyl (C=O) groups is 1. The third-order valence-corrected chi connectivity index (χ3v) is 5.10. The molecule has 0 saturated carbocycles. The lowest BCUT2D eigenvalue weighted by molar-refractivity contribution is -0.131. The van der Waals surface area contributed by atoms with Crippen LogP contribution >= 0.6 is 0 Å². The summed E-state index contributed by atoms with van der Waals surface area (Å²) in [6.45, 7) is 27.7.